The van der Waals surface area contributed by atoms with Crippen LogP contribution >= 0.6 is 0 Å². The van der Waals surface area contributed by atoms with Crippen LogP contribution in [0.2, 0.25) is 0 Å². The molecule has 112 valence electrons. The van der Waals surface area contributed by atoms with Gasteiger partial charge in [-0.25, -0.2) is 14.4 Å². The number of hydrogen-bond acceptors (Lipinski definition) is 4. The van der Waals surface area contributed by atoms with Gasteiger partial charge >= 0.3 is 0 Å². The SMILES string of the molecule is [2H]C([2H])([2H])N1C=CN(c2cccc(N3C=CN(C)[C@H]3C)[n+]2C)[C@H]1C. The van der Waals surface area contributed by atoms with E-state index in [2.05, 4.69) is 33.6 Å². The van der Waals surface area contributed by atoms with E-state index >= 15 is 0 Å². The largest absolute Gasteiger partial charge is 0.346 e. The summed E-state index contributed by atoms with van der Waals surface area (Å²) in [6, 6.07) is 6.07. The summed E-state index contributed by atoms with van der Waals surface area (Å²) in [6.45, 7) is 1.89. The summed E-state index contributed by atoms with van der Waals surface area (Å²) >= 11 is 0. The van der Waals surface area contributed by atoms with Crippen molar-refractivity contribution >= 4 is 11.6 Å². The van der Waals surface area contributed by atoms with Gasteiger partial charge in [0.25, 0.3) is 0 Å². The first-order valence-corrected chi connectivity index (χ1v) is 7.14. The van der Waals surface area contributed by atoms with Crippen molar-refractivity contribution in [3.63, 3.8) is 0 Å². The standard InChI is InChI=1S/C16H24N5/c1-13-17(3)9-11-20(13)15-7-6-8-16(19(15)5)21-12-10-18(4)14(21)2/h6-14H,1-5H3/q+1/t13-,14+/i3D3/m0/s1. The minimum absolute atomic E-state index is 0.233. The molecule has 3 heterocycles. The van der Waals surface area contributed by atoms with Crippen LogP contribution in [0.5, 0.6) is 0 Å². The molecule has 5 heteroatoms. The van der Waals surface area contributed by atoms with Gasteiger partial charge in [0.1, 0.15) is 12.3 Å². The molecule has 1 aromatic heterocycles. The maximum absolute atomic E-state index is 7.64. The van der Waals surface area contributed by atoms with E-state index in [1.54, 1.807) is 6.20 Å². The Hall–Kier alpha value is -2.17. The number of pyridine rings is 1. The highest BCUT2D eigenvalue weighted by Gasteiger charge is 2.31. The van der Waals surface area contributed by atoms with Gasteiger partial charge in [-0.15, -0.1) is 0 Å². The number of hydrogen-bond donors (Lipinski definition) is 0. The summed E-state index contributed by atoms with van der Waals surface area (Å²) in [5.41, 5.74) is 0. The van der Waals surface area contributed by atoms with Crippen molar-refractivity contribution in [1.82, 2.24) is 9.80 Å². The van der Waals surface area contributed by atoms with Gasteiger partial charge in [0, 0.05) is 42.7 Å². The molecule has 0 N–H and O–H groups in total. The van der Waals surface area contributed by atoms with Gasteiger partial charge in [0.05, 0.1) is 19.4 Å². The van der Waals surface area contributed by atoms with Crippen molar-refractivity contribution in [3.05, 3.63) is 43.0 Å². The Morgan fingerprint density at radius 2 is 1.48 bits per heavy atom. The first-order chi connectivity index (χ1) is 11.2. The molecule has 0 saturated carbocycles. The average Bonchev–Trinajstić information content (AvgIpc) is 3.04. The van der Waals surface area contributed by atoms with E-state index in [4.69, 9.17) is 4.11 Å². The van der Waals surface area contributed by atoms with Gasteiger partial charge in [-0.05, 0) is 19.9 Å². The van der Waals surface area contributed by atoms with E-state index in [1.165, 1.54) is 4.90 Å². The molecule has 2 aliphatic heterocycles. The molecule has 0 spiro atoms. The second-order valence-electron chi connectivity index (χ2n) is 5.55. The van der Waals surface area contributed by atoms with Gasteiger partial charge < -0.3 is 9.80 Å². The Labute approximate surface area is 131 Å². The van der Waals surface area contributed by atoms with Gasteiger partial charge in [-0.1, -0.05) is 0 Å². The molecule has 0 bridgehead atoms. The summed E-state index contributed by atoms with van der Waals surface area (Å²) in [6.07, 6.45) is 7.53. The molecule has 5 nitrogen and oxygen atoms in total. The van der Waals surface area contributed by atoms with Gasteiger partial charge in [0.2, 0.25) is 11.6 Å². The second kappa shape index (κ2) is 4.98. The Balaban J connectivity index is 1.93. The fourth-order valence-corrected chi connectivity index (χ4v) is 2.76. The van der Waals surface area contributed by atoms with E-state index in [0.717, 1.165) is 11.6 Å². The van der Waals surface area contributed by atoms with Crippen LogP contribution < -0.4 is 14.4 Å². The van der Waals surface area contributed by atoms with E-state index in [-0.39, 0.29) is 12.3 Å². The highest BCUT2D eigenvalue weighted by molar-refractivity contribution is 5.47. The molecule has 0 amide bonds. The van der Waals surface area contributed by atoms with Crippen LogP contribution in [0.25, 0.3) is 0 Å². The predicted molar refractivity (Wildman–Crippen MR) is 85.3 cm³/mol. The van der Waals surface area contributed by atoms with Gasteiger partial charge in [-0.3, -0.25) is 0 Å². The molecule has 0 unspecified atom stereocenters. The predicted octanol–water partition coefficient (Wildman–Crippen LogP) is 1.65. The smallest absolute Gasteiger partial charge is 0.229 e. The summed E-state index contributed by atoms with van der Waals surface area (Å²) in [7, 11) is 4.05. The lowest BCUT2D eigenvalue weighted by Crippen LogP contribution is -2.47. The van der Waals surface area contributed by atoms with E-state index in [9.17, 15) is 0 Å². The van der Waals surface area contributed by atoms with Crippen LogP contribution in [-0.2, 0) is 7.05 Å². The van der Waals surface area contributed by atoms with Crippen molar-refractivity contribution in [2.75, 3.05) is 23.8 Å². The zero-order chi connectivity index (χ0) is 17.6. The zero-order valence-corrected chi connectivity index (χ0v) is 12.9. The molecular formula is C16H24N5+. The summed E-state index contributed by atoms with van der Waals surface area (Å²) in [4.78, 5) is 7.70. The normalized spacial score (nSPS) is 27.3. The monoisotopic (exact) mass is 289 g/mol. The lowest BCUT2D eigenvalue weighted by atomic mass is 10.3. The van der Waals surface area contributed by atoms with Crippen LogP contribution in [0.1, 0.15) is 18.0 Å². The summed E-state index contributed by atoms with van der Waals surface area (Å²) < 4.78 is 25.0. The highest BCUT2D eigenvalue weighted by atomic mass is 15.4. The van der Waals surface area contributed by atoms with E-state index in [1.807, 2.05) is 50.5 Å². The molecule has 0 saturated heterocycles. The van der Waals surface area contributed by atoms with Crippen LogP contribution in [0.15, 0.2) is 43.0 Å². The molecule has 2 atom stereocenters. The van der Waals surface area contributed by atoms with E-state index in [0.29, 0.717) is 0 Å². The molecule has 3 rings (SSSR count). The van der Waals surface area contributed by atoms with Crippen molar-refractivity contribution in [2.24, 2.45) is 7.05 Å². The summed E-state index contributed by atoms with van der Waals surface area (Å²) in [5.74, 6) is 1.99. The fraction of sp³-hybridized carbons (Fsp3) is 0.438. The molecule has 0 aromatic carbocycles. The Morgan fingerprint density at radius 1 is 0.952 bits per heavy atom. The van der Waals surface area contributed by atoms with Crippen molar-refractivity contribution in [3.8, 4) is 0 Å². The maximum atomic E-state index is 7.64. The number of rotatable bonds is 2. The highest BCUT2D eigenvalue weighted by Crippen LogP contribution is 2.25. The quantitative estimate of drug-likeness (QED) is 0.770. The first kappa shape index (κ1) is 10.5. The molecule has 0 fully saturated rings. The molecule has 0 radical (unpaired) electrons. The molecule has 21 heavy (non-hydrogen) atoms. The minimum atomic E-state index is -2.14. The lowest BCUT2D eigenvalue weighted by molar-refractivity contribution is -0.646. The molecule has 0 aliphatic carbocycles. The van der Waals surface area contributed by atoms with Crippen molar-refractivity contribution in [2.45, 2.75) is 26.2 Å². The Kier molecular flexibility index (Phi) is 2.50. The number of nitrogens with zero attached hydrogens (tertiary/aromatic N) is 5. The molecule has 2 aliphatic rings. The fourth-order valence-electron chi connectivity index (χ4n) is 2.76. The Morgan fingerprint density at radius 3 is 1.90 bits per heavy atom. The Bertz CT molecular complexity index is 685. The number of aromatic nitrogens is 1. The van der Waals surface area contributed by atoms with Crippen molar-refractivity contribution in [1.29, 1.82) is 0 Å². The number of anilines is 2. The third kappa shape index (κ3) is 2.13. The van der Waals surface area contributed by atoms with Crippen LogP contribution in [-0.4, -0.2) is 36.2 Å². The molecular weight excluding hydrogens is 262 g/mol. The van der Waals surface area contributed by atoms with Crippen molar-refractivity contribution < 1.29 is 8.68 Å². The van der Waals surface area contributed by atoms with Crippen LogP contribution in [0, 0.1) is 0 Å². The topological polar surface area (TPSA) is 16.8 Å². The average molecular weight is 289 g/mol. The second-order valence-corrected chi connectivity index (χ2v) is 5.55. The van der Waals surface area contributed by atoms with Gasteiger partial charge in [0.15, 0.2) is 0 Å². The van der Waals surface area contributed by atoms with E-state index < -0.39 is 6.98 Å². The minimum Gasteiger partial charge on any atom is -0.346 e. The molecule has 1 aromatic rings. The third-order valence-electron chi connectivity index (χ3n) is 4.35. The van der Waals surface area contributed by atoms with Crippen LogP contribution in [0.4, 0.5) is 11.6 Å². The van der Waals surface area contributed by atoms with Gasteiger partial charge in [-0.2, -0.15) is 0 Å². The maximum Gasteiger partial charge on any atom is 0.229 e. The third-order valence-corrected chi connectivity index (χ3v) is 4.35. The first-order valence-electron chi connectivity index (χ1n) is 8.64. The lowest BCUT2D eigenvalue weighted by Gasteiger charge is -2.27. The summed E-state index contributed by atoms with van der Waals surface area (Å²) in [5, 5.41) is 0. The van der Waals surface area contributed by atoms with Crippen LogP contribution in [0.3, 0.4) is 0 Å². The zero-order valence-electron chi connectivity index (χ0n) is 15.9.